The first-order chi connectivity index (χ1) is 15.2. The summed E-state index contributed by atoms with van der Waals surface area (Å²) in [5.74, 6) is 0.561. The molecule has 0 spiro atoms. The Kier molecular flexibility index (Phi) is 7.78. The monoisotopic (exact) mass is 452 g/mol. The molecule has 1 aliphatic rings. The van der Waals surface area contributed by atoms with E-state index < -0.39 is 11.2 Å². The van der Waals surface area contributed by atoms with Gasteiger partial charge in [-0.1, -0.05) is 67.1 Å². The van der Waals surface area contributed by atoms with Gasteiger partial charge >= 0.3 is 0 Å². The molecule has 1 aromatic heterocycles. The summed E-state index contributed by atoms with van der Waals surface area (Å²) in [7, 11) is 0. The molecule has 1 aliphatic heterocycles. The molecule has 1 amide bonds. The fourth-order valence-electron chi connectivity index (χ4n) is 3.82. The van der Waals surface area contributed by atoms with Gasteiger partial charge < -0.3 is 4.55 Å². The number of hydrogen-bond donors (Lipinski definition) is 0. The maximum atomic E-state index is 12.8. The van der Waals surface area contributed by atoms with Gasteiger partial charge in [-0.2, -0.15) is 0 Å². The van der Waals surface area contributed by atoms with Gasteiger partial charge in [-0.15, -0.1) is 11.3 Å². The zero-order valence-corrected chi connectivity index (χ0v) is 19.2. The Morgan fingerprint density at radius 1 is 0.968 bits per heavy atom. The van der Waals surface area contributed by atoms with E-state index in [1.807, 2.05) is 30.3 Å². The third kappa shape index (κ3) is 6.19. The van der Waals surface area contributed by atoms with Crippen molar-refractivity contribution in [3.8, 4) is 0 Å². The second-order valence-electron chi connectivity index (χ2n) is 7.97. The number of β-lactam (4-membered cyclic amide) rings is 1. The van der Waals surface area contributed by atoms with Crippen molar-refractivity contribution in [1.29, 1.82) is 0 Å². The molecule has 3 aromatic rings. The van der Waals surface area contributed by atoms with E-state index >= 15 is 0 Å². The molecule has 1 saturated heterocycles. The molecule has 31 heavy (non-hydrogen) atoms. The third-order valence-electron chi connectivity index (χ3n) is 5.62. The molecule has 0 aliphatic carbocycles. The molecule has 0 bridgehead atoms. The van der Waals surface area contributed by atoms with Gasteiger partial charge in [0.2, 0.25) is 5.91 Å². The number of rotatable bonds is 11. The highest BCUT2D eigenvalue weighted by atomic mass is 32.2. The van der Waals surface area contributed by atoms with E-state index in [4.69, 9.17) is 4.98 Å². The van der Waals surface area contributed by atoms with E-state index in [2.05, 4.69) is 35.7 Å². The first-order valence-corrected chi connectivity index (χ1v) is 13.1. The SMILES string of the molecule is O=C1CC([S+]([O-])Cc2ccccc2)N1Cc1nc(CCCCCc2ccccc2)cs1. The van der Waals surface area contributed by atoms with Gasteiger partial charge in [0.1, 0.15) is 10.8 Å². The van der Waals surface area contributed by atoms with Gasteiger partial charge in [0, 0.05) is 10.9 Å². The summed E-state index contributed by atoms with van der Waals surface area (Å²) in [6, 6.07) is 20.4. The minimum atomic E-state index is -1.09. The Morgan fingerprint density at radius 2 is 1.65 bits per heavy atom. The molecule has 0 N–H and O–H groups in total. The number of carbonyl (C=O) groups is 1. The molecule has 2 heterocycles. The Hall–Kier alpha value is -2.15. The number of benzene rings is 2. The molecule has 1 fully saturated rings. The smallest absolute Gasteiger partial charge is 0.233 e. The number of thiazole rings is 1. The van der Waals surface area contributed by atoms with Crippen LogP contribution in [0.15, 0.2) is 66.0 Å². The average molecular weight is 453 g/mol. The van der Waals surface area contributed by atoms with Crippen LogP contribution in [0, 0.1) is 0 Å². The van der Waals surface area contributed by atoms with Gasteiger partial charge in [-0.25, -0.2) is 4.98 Å². The van der Waals surface area contributed by atoms with Crippen LogP contribution in [0.2, 0.25) is 0 Å². The van der Waals surface area contributed by atoms with Crippen LogP contribution in [0.25, 0.3) is 0 Å². The minimum Gasteiger partial charge on any atom is -0.614 e. The van der Waals surface area contributed by atoms with Crippen molar-refractivity contribution < 1.29 is 9.35 Å². The van der Waals surface area contributed by atoms with E-state index in [-0.39, 0.29) is 11.3 Å². The maximum absolute atomic E-state index is 12.8. The fraction of sp³-hybridized carbons (Fsp3) is 0.360. The summed E-state index contributed by atoms with van der Waals surface area (Å²) in [6.07, 6.45) is 5.98. The first kappa shape index (κ1) is 22.1. The predicted molar refractivity (Wildman–Crippen MR) is 127 cm³/mol. The molecule has 2 atom stereocenters. The molecule has 4 nitrogen and oxygen atoms in total. The molecule has 2 aromatic carbocycles. The number of hydrogen-bond acceptors (Lipinski definition) is 4. The molecular weight excluding hydrogens is 424 g/mol. The lowest BCUT2D eigenvalue weighted by Crippen LogP contribution is -2.55. The third-order valence-corrected chi connectivity index (χ3v) is 8.15. The summed E-state index contributed by atoms with van der Waals surface area (Å²) >= 11 is 0.516. The van der Waals surface area contributed by atoms with Gasteiger partial charge in [0.25, 0.3) is 0 Å². The van der Waals surface area contributed by atoms with Crippen molar-refractivity contribution in [2.45, 2.75) is 56.2 Å². The van der Waals surface area contributed by atoms with Crippen LogP contribution in [0.4, 0.5) is 0 Å². The lowest BCUT2D eigenvalue weighted by atomic mass is 10.1. The number of likely N-dealkylation sites (tertiary alicyclic amines) is 1. The van der Waals surface area contributed by atoms with Crippen molar-refractivity contribution >= 4 is 28.4 Å². The second kappa shape index (κ2) is 10.9. The molecule has 0 saturated carbocycles. The summed E-state index contributed by atoms with van der Waals surface area (Å²) in [5, 5.41) is 2.85. The Bertz CT molecular complexity index is 962. The number of aromatic nitrogens is 1. The molecule has 0 radical (unpaired) electrons. The number of carbonyl (C=O) groups excluding carboxylic acids is 1. The Labute approximate surface area is 191 Å². The molecule has 162 valence electrons. The van der Waals surface area contributed by atoms with Crippen molar-refractivity contribution in [2.75, 3.05) is 0 Å². The fourth-order valence-corrected chi connectivity index (χ4v) is 6.17. The number of aryl methyl sites for hydroxylation is 2. The van der Waals surface area contributed by atoms with Crippen molar-refractivity contribution in [1.82, 2.24) is 9.88 Å². The van der Waals surface area contributed by atoms with Crippen LogP contribution in [0.3, 0.4) is 0 Å². The lowest BCUT2D eigenvalue weighted by Gasteiger charge is -2.39. The van der Waals surface area contributed by atoms with Gasteiger partial charge in [0.05, 0.1) is 18.7 Å². The zero-order chi connectivity index (χ0) is 21.5. The lowest BCUT2D eigenvalue weighted by molar-refractivity contribution is -0.142. The maximum Gasteiger partial charge on any atom is 0.233 e. The van der Waals surface area contributed by atoms with E-state index in [0.717, 1.165) is 35.5 Å². The van der Waals surface area contributed by atoms with Crippen molar-refractivity contribution in [2.24, 2.45) is 0 Å². The quantitative estimate of drug-likeness (QED) is 0.231. The minimum absolute atomic E-state index is 0.0732. The molecule has 4 rings (SSSR count). The van der Waals surface area contributed by atoms with Crippen molar-refractivity contribution in [3.63, 3.8) is 0 Å². The van der Waals surface area contributed by atoms with Crippen LogP contribution in [0.1, 0.15) is 47.5 Å². The number of amides is 1. The first-order valence-electron chi connectivity index (χ1n) is 10.9. The standard InChI is InChI=1S/C25H28N2O2S2/c28-24-16-25(31(29)19-21-13-7-2-8-14-21)27(24)17-23-26-22(18-30-23)15-9-3-6-12-20-10-4-1-5-11-20/h1-2,4-5,7-8,10-11,13-14,18,25H,3,6,9,12,15-17,19H2. The molecule has 2 unspecified atom stereocenters. The largest absolute Gasteiger partial charge is 0.614 e. The van der Waals surface area contributed by atoms with Crippen LogP contribution in [-0.2, 0) is 41.1 Å². The van der Waals surface area contributed by atoms with E-state index in [1.54, 1.807) is 16.2 Å². The van der Waals surface area contributed by atoms with Crippen LogP contribution >= 0.6 is 11.3 Å². The highest BCUT2D eigenvalue weighted by Crippen LogP contribution is 2.29. The number of nitrogens with zero attached hydrogens (tertiary/aromatic N) is 2. The highest BCUT2D eigenvalue weighted by Gasteiger charge is 2.44. The summed E-state index contributed by atoms with van der Waals surface area (Å²) in [4.78, 5) is 18.6. The van der Waals surface area contributed by atoms with Gasteiger partial charge in [0.15, 0.2) is 5.37 Å². The number of unbranched alkanes of at least 4 members (excludes halogenated alkanes) is 2. The summed E-state index contributed by atoms with van der Waals surface area (Å²) in [5.41, 5.74) is 3.55. The van der Waals surface area contributed by atoms with Gasteiger partial charge in [-0.3, -0.25) is 9.69 Å². The van der Waals surface area contributed by atoms with Crippen LogP contribution in [0.5, 0.6) is 0 Å². The highest BCUT2D eigenvalue weighted by molar-refractivity contribution is 7.91. The van der Waals surface area contributed by atoms with E-state index in [1.165, 1.54) is 18.4 Å². The summed E-state index contributed by atoms with van der Waals surface area (Å²) in [6.45, 7) is 0.475. The van der Waals surface area contributed by atoms with Crippen LogP contribution < -0.4 is 0 Å². The van der Waals surface area contributed by atoms with Gasteiger partial charge in [-0.05, 0) is 42.4 Å². The molecular formula is C25H28N2O2S2. The van der Waals surface area contributed by atoms with E-state index in [0.29, 0.717) is 18.7 Å². The molecule has 6 heteroatoms. The topological polar surface area (TPSA) is 56.3 Å². The Balaban J connectivity index is 1.21. The Morgan fingerprint density at radius 3 is 2.35 bits per heavy atom. The van der Waals surface area contributed by atoms with Crippen LogP contribution in [-0.4, -0.2) is 25.7 Å². The van der Waals surface area contributed by atoms with Crippen molar-refractivity contribution in [3.05, 3.63) is 87.9 Å². The predicted octanol–water partition coefficient (Wildman–Crippen LogP) is 5.11. The second-order valence-corrected chi connectivity index (χ2v) is 10.5. The average Bonchev–Trinajstić information content (AvgIpc) is 3.24. The van der Waals surface area contributed by atoms with E-state index in [9.17, 15) is 9.35 Å². The normalized spacial score (nSPS) is 16.9. The zero-order valence-electron chi connectivity index (χ0n) is 17.6. The summed E-state index contributed by atoms with van der Waals surface area (Å²) < 4.78 is 12.8.